The second kappa shape index (κ2) is 8.58. The van der Waals surface area contributed by atoms with Crippen LogP contribution in [0.3, 0.4) is 0 Å². The minimum atomic E-state index is -4.47. The first kappa shape index (κ1) is 20.7. The fraction of sp³-hybridized carbons (Fsp3) is 0.500. The van der Waals surface area contributed by atoms with Crippen molar-refractivity contribution < 1.29 is 27.5 Å². The zero-order valence-electron chi connectivity index (χ0n) is 15.7. The molecule has 29 heavy (non-hydrogen) atoms. The van der Waals surface area contributed by atoms with Gasteiger partial charge in [-0.05, 0) is 37.1 Å². The van der Waals surface area contributed by atoms with Crippen molar-refractivity contribution >= 4 is 11.9 Å². The Kier molecular flexibility index (Phi) is 6.14. The summed E-state index contributed by atoms with van der Waals surface area (Å²) >= 11 is 0. The molecule has 8 nitrogen and oxygen atoms in total. The smallest absolute Gasteiger partial charge is 0.416 e. The second-order valence-corrected chi connectivity index (χ2v) is 6.63. The highest BCUT2D eigenvalue weighted by molar-refractivity contribution is 5.77. The highest BCUT2D eigenvalue weighted by Gasteiger charge is 2.31. The van der Waals surface area contributed by atoms with E-state index in [4.69, 9.17) is 4.74 Å². The Morgan fingerprint density at radius 2 is 1.97 bits per heavy atom. The molecular weight excluding hydrogens is 391 g/mol. The maximum atomic E-state index is 12.8. The van der Waals surface area contributed by atoms with E-state index in [9.17, 15) is 22.8 Å². The number of esters is 1. The molecule has 1 amide bonds. The summed E-state index contributed by atoms with van der Waals surface area (Å²) in [5.74, 6) is -0.704. The van der Waals surface area contributed by atoms with Crippen LogP contribution in [-0.2, 0) is 27.0 Å². The van der Waals surface area contributed by atoms with Crippen molar-refractivity contribution in [3.05, 3.63) is 29.8 Å². The molecule has 1 fully saturated rings. The number of alkyl halides is 3. The van der Waals surface area contributed by atoms with Crippen LogP contribution in [0.5, 0.6) is 0 Å². The summed E-state index contributed by atoms with van der Waals surface area (Å²) in [6.45, 7) is 2.71. The molecule has 1 aromatic heterocycles. The standard InChI is InChI=1S/C18H20F3N5O3/c1-2-29-17(28)12-6-8-25(9-7-12)15(27)11-26-23-16(22-24-26)13-4-3-5-14(10-13)18(19,20)21/h3-5,10,12H,2,6-9,11H2,1H3. The number of piperidine rings is 1. The van der Waals surface area contributed by atoms with Crippen LogP contribution >= 0.6 is 0 Å². The molecule has 0 atom stereocenters. The predicted molar refractivity (Wildman–Crippen MR) is 94.2 cm³/mol. The van der Waals surface area contributed by atoms with E-state index in [0.717, 1.165) is 16.9 Å². The largest absolute Gasteiger partial charge is 0.466 e. The Hall–Kier alpha value is -2.98. The summed E-state index contributed by atoms with van der Waals surface area (Å²) in [5.41, 5.74) is -0.652. The topological polar surface area (TPSA) is 90.2 Å². The molecule has 156 valence electrons. The van der Waals surface area contributed by atoms with Crippen molar-refractivity contribution in [1.82, 2.24) is 25.1 Å². The van der Waals surface area contributed by atoms with Crippen molar-refractivity contribution in [2.45, 2.75) is 32.5 Å². The maximum absolute atomic E-state index is 12.8. The molecule has 2 aromatic rings. The quantitative estimate of drug-likeness (QED) is 0.701. The molecule has 1 saturated heterocycles. The molecule has 2 heterocycles. The molecule has 0 unspecified atom stereocenters. The average molecular weight is 411 g/mol. The van der Waals surface area contributed by atoms with Crippen LogP contribution in [0.1, 0.15) is 25.3 Å². The number of hydrogen-bond donors (Lipinski definition) is 0. The maximum Gasteiger partial charge on any atom is 0.416 e. The van der Waals surface area contributed by atoms with Crippen LogP contribution in [0.2, 0.25) is 0 Å². The molecule has 0 N–H and O–H groups in total. The van der Waals surface area contributed by atoms with Crippen LogP contribution in [0.4, 0.5) is 13.2 Å². The summed E-state index contributed by atoms with van der Waals surface area (Å²) in [7, 11) is 0. The minimum absolute atomic E-state index is 0.00455. The third-order valence-electron chi connectivity index (χ3n) is 4.65. The lowest BCUT2D eigenvalue weighted by Gasteiger charge is -2.30. The lowest BCUT2D eigenvalue weighted by atomic mass is 9.97. The van der Waals surface area contributed by atoms with Gasteiger partial charge in [0, 0.05) is 18.7 Å². The average Bonchev–Trinajstić information content (AvgIpc) is 3.16. The van der Waals surface area contributed by atoms with E-state index in [1.807, 2.05) is 0 Å². The zero-order chi connectivity index (χ0) is 21.0. The summed E-state index contributed by atoms with van der Waals surface area (Å²) < 4.78 is 43.5. The van der Waals surface area contributed by atoms with Gasteiger partial charge in [0.15, 0.2) is 0 Å². The Morgan fingerprint density at radius 1 is 1.24 bits per heavy atom. The molecule has 0 radical (unpaired) electrons. The number of carbonyl (C=O) groups excluding carboxylic acids is 2. The first-order valence-electron chi connectivity index (χ1n) is 9.17. The number of amides is 1. The molecule has 0 aliphatic carbocycles. The summed E-state index contributed by atoms with van der Waals surface area (Å²) in [5, 5.41) is 11.5. The van der Waals surface area contributed by atoms with Crippen molar-refractivity contribution in [2.75, 3.05) is 19.7 Å². The van der Waals surface area contributed by atoms with Crippen molar-refractivity contribution in [3.63, 3.8) is 0 Å². The predicted octanol–water partition coefficient (Wildman–Crippen LogP) is 2.16. The van der Waals surface area contributed by atoms with Gasteiger partial charge in [0.05, 0.1) is 18.1 Å². The molecule has 1 aliphatic rings. The number of ether oxygens (including phenoxy) is 1. The van der Waals surface area contributed by atoms with Gasteiger partial charge < -0.3 is 9.64 Å². The van der Waals surface area contributed by atoms with Gasteiger partial charge in [0.1, 0.15) is 6.54 Å². The molecule has 1 aliphatic heterocycles. The number of carbonyl (C=O) groups is 2. The number of hydrogen-bond acceptors (Lipinski definition) is 6. The number of tetrazole rings is 1. The van der Waals surface area contributed by atoms with Crippen LogP contribution in [0.15, 0.2) is 24.3 Å². The fourth-order valence-electron chi connectivity index (χ4n) is 3.11. The van der Waals surface area contributed by atoms with Crippen LogP contribution in [-0.4, -0.2) is 56.7 Å². The summed E-state index contributed by atoms with van der Waals surface area (Å²) in [4.78, 5) is 26.8. The number of likely N-dealkylation sites (tertiary alicyclic amines) is 1. The van der Waals surface area contributed by atoms with E-state index >= 15 is 0 Å². The normalized spacial score (nSPS) is 15.4. The van der Waals surface area contributed by atoms with E-state index in [2.05, 4.69) is 15.4 Å². The Labute approximate surface area is 164 Å². The number of halogens is 3. The number of aromatic nitrogens is 4. The van der Waals surface area contributed by atoms with Crippen molar-refractivity contribution in [2.24, 2.45) is 5.92 Å². The first-order chi connectivity index (χ1) is 13.8. The Bertz CT molecular complexity index is 876. The lowest BCUT2D eigenvalue weighted by Crippen LogP contribution is -2.42. The Balaban J connectivity index is 1.60. The van der Waals surface area contributed by atoms with E-state index in [0.29, 0.717) is 32.5 Å². The highest BCUT2D eigenvalue weighted by atomic mass is 19.4. The van der Waals surface area contributed by atoms with Gasteiger partial charge in [-0.15, -0.1) is 10.2 Å². The fourth-order valence-corrected chi connectivity index (χ4v) is 3.11. The highest BCUT2D eigenvalue weighted by Crippen LogP contribution is 2.31. The van der Waals surface area contributed by atoms with E-state index < -0.39 is 11.7 Å². The molecule has 3 rings (SSSR count). The van der Waals surface area contributed by atoms with E-state index in [1.54, 1.807) is 11.8 Å². The third kappa shape index (κ3) is 5.09. The van der Waals surface area contributed by atoms with Gasteiger partial charge in [-0.3, -0.25) is 9.59 Å². The zero-order valence-corrected chi connectivity index (χ0v) is 15.7. The SMILES string of the molecule is CCOC(=O)C1CCN(C(=O)Cn2nnc(-c3cccc(C(F)(F)F)c3)n2)CC1. The third-order valence-corrected chi connectivity index (χ3v) is 4.65. The van der Waals surface area contributed by atoms with Gasteiger partial charge in [-0.1, -0.05) is 12.1 Å². The Morgan fingerprint density at radius 3 is 2.62 bits per heavy atom. The minimum Gasteiger partial charge on any atom is -0.466 e. The van der Waals surface area contributed by atoms with Gasteiger partial charge >= 0.3 is 12.1 Å². The molecule has 0 bridgehead atoms. The summed E-state index contributed by atoms with van der Waals surface area (Å²) in [6.07, 6.45) is -3.44. The van der Waals surface area contributed by atoms with Crippen LogP contribution in [0.25, 0.3) is 11.4 Å². The molecule has 0 saturated carbocycles. The van der Waals surface area contributed by atoms with Gasteiger partial charge in [0.2, 0.25) is 11.7 Å². The van der Waals surface area contributed by atoms with Gasteiger partial charge in [-0.2, -0.15) is 18.0 Å². The monoisotopic (exact) mass is 411 g/mol. The molecule has 11 heteroatoms. The first-order valence-corrected chi connectivity index (χ1v) is 9.17. The van der Waals surface area contributed by atoms with E-state index in [-0.39, 0.29) is 35.7 Å². The molecular formula is C18H20F3N5O3. The molecule has 1 aromatic carbocycles. The molecule has 0 spiro atoms. The second-order valence-electron chi connectivity index (χ2n) is 6.63. The van der Waals surface area contributed by atoms with Gasteiger partial charge in [-0.25, -0.2) is 0 Å². The van der Waals surface area contributed by atoms with Crippen LogP contribution in [0, 0.1) is 5.92 Å². The van der Waals surface area contributed by atoms with Crippen LogP contribution < -0.4 is 0 Å². The van der Waals surface area contributed by atoms with E-state index in [1.165, 1.54) is 12.1 Å². The number of benzene rings is 1. The van der Waals surface area contributed by atoms with Gasteiger partial charge in [0.25, 0.3) is 0 Å². The summed E-state index contributed by atoms with van der Waals surface area (Å²) in [6, 6.07) is 4.59. The number of nitrogens with zero attached hydrogens (tertiary/aromatic N) is 5. The number of rotatable bonds is 5. The van der Waals surface area contributed by atoms with Crippen molar-refractivity contribution in [1.29, 1.82) is 0 Å². The lowest BCUT2D eigenvalue weighted by molar-refractivity contribution is -0.151. The van der Waals surface area contributed by atoms with Crippen molar-refractivity contribution in [3.8, 4) is 11.4 Å².